The van der Waals surface area contributed by atoms with Gasteiger partial charge in [0.15, 0.2) is 5.75 Å². The fourth-order valence-electron chi connectivity index (χ4n) is 2.25. The van der Waals surface area contributed by atoms with Crippen molar-refractivity contribution in [2.24, 2.45) is 0 Å². The van der Waals surface area contributed by atoms with Crippen LogP contribution in [-0.4, -0.2) is 17.2 Å². The largest absolute Gasteiger partial charge is 0.424 e. The Morgan fingerprint density at radius 3 is 2.55 bits per heavy atom. The number of pyridine rings is 1. The molecule has 1 fully saturated rings. The highest BCUT2D eigenvalue weighted by atomic mass is 31.2. The first-order chi connectivity index (χ1) is 9.90. The van der Waals surface area contributed by atoms with Crippen molar-refractivity contribution in [2.75, 3.05) is 0 Å². The predicted octanol–water partition coefficient (Wildman–Crippen LogP) is 3.75. The number of aromatic nitrogens is 1. The fraction of sp³-hybridized carbons (Fsp3) is 0.133. The number of para-hydroxylation sites is 1. The van der Waals surface area contributed by atoms with Crippen LogP contribution in [0.25, 0.3) is 10.9 Å². The van der Waals surface area contributed by atoms with Crippen molar-refractivity contribution in [3.05, 3.63) is 60.8 Å². The molecule has 4 nitrogen and oxygen atoms in total. The van der Waals surface area contributed by atoms with Gasteiger partial charge in [0, 0.05) is 11.6 Å². The van der Waals surface area contributed by atoms with Gasteiger partial charge < -0.3 is 4.52 Å². The Balaban J connectivity index is 1.59. The normalized spacial score (nSPS) is 27.7. The van der Waals surface area contributed by atoms with Crippen molar-refractivity contribution < 1.29 is 13.6 Å². The fourth-order valence-corrected chi connectivity index (χ4v) is 3.48. The second kappa shape index (κ2) is 4.98. The zero-order chi connectivity index (χ0) is 13.4. The summed E-state index contributed by atoms with van der Waals surface area (Å²) in [4.78, 5) is 4.36. The third-order valence-electron chi connectivity index (χ3n) is 3.22. The van der Waals surface area contributed by atoms with Crippen LogP contribution in [0.3, 0.4) is 0 Å². The van der Waals surface area contributed by atoms with Gasteiger partial charge in [0.1, 0.15) is 17.7 Å². The van der Waals surface area contributed by atoms with Crippen LogP contribution in [0.1, 0.15) is 0 Å². The molecular weight excluding hydrogens is 273 g/mol. The van der Waals surface area contributed by atoms with E-state index in [4.69, 9.17) is 13.6 Å². The minimum Gasteiger partial charge on any atom is -0.424 e. The summed E-state index contributed by atoms with van der Waals surface area (Å²) in [5, 5.41) is 1.04. The average molecular weight is 285 g/mol. The highest BCUT2D eigenvalue weighted by molar-refractivity contribution is 7.42. The van der Waals surface area contributed by atoms with Gasteiger partial charge in [-0.25, -0.2) is 0 Å². The van der Waals surface area contributed by atoms with E-state index in [0.29, 0.717) is 5.75 Å². The predicted molar refractivity (Wildman–Crippen MR) is 77.3 cm³/mol. The molecule has 100 valence electrons. The molecule has 2 aliphatic rings. The topological polar surface area (TPSA) is 40.6 Å². The molecule has 5 heteroatoms. The molecule has 0 amide bonds. The Kier molecular flexibility index (Phi) is 3.00. The number of nitrogens with zero attached hydrogens (tertiary/aromatic N) is 1. The summed E-state index contributed by atoms with van der Waals surface area (Å²) < 4.78 is 17.4. The second-order valence-corrected chi connectivity index (χ2v) is 5.61. The van der Waals surface area contributed by atoms with Gasteiger partial charge in [-0.05, 0) is 12.1 Å². The molecule has 0 spiro atoms. The first kappa shape index (κ1) is 12.0. The maximum atomic E-state index is 5.87. The van der Waals surface area contributed by atoms with Crippen LogP contribution in [0.5, 0.6) is 5.75 Å². The Hall–Kier alpha value is -1.74. The SMILES string of the molecule is C1=CC2OP(Oc3cccc4cccnc34)OC2C=C1. The first-order valence-corrected chi connectivity index (χ1v) is 7.50. The lowest BCUT2D eigenvalue weighted by molar-refractivity contribution is 0.233. The van der Waals surface area contributed by atoms with E-state index < -0.39 is 8.60 Å². The van der Waals surface area contributed by atoms with E-state index in [1.165, 1.54) is 0 Å². The van der Waals surface area contributed by atoms with Crippen LogP contribution in [-0.2, 0) is 9.05 Å². The zero-order valence-corrected chi connectivity index (χ0v) is 11.4. The third-order valence-corrected chi connectivity index (χ3v) is 4.40. The van der Waals surface area contributed by atoms with Crippen LogP contribution in [0.4, 0.5) is 0 Å². The van der Waals surface area contributed by atoms with Gasteiger partial charge in [-0.3, -0.25) is 14.0 Å². The van der Waals surface area contributed by atoms with Crippen molar-refractivity contribution in [2.45, 2.75) is 12.2 Å². The average Bonchev–Trinajstić information content (AvgIpc) is 2.90. The molecule has 2 atom stereocenters. The second-order valence-electron chi connectivity index (χ2n) is 4.56. The van der Waals surface area contributed by atoms with E-state index in [0.717, 1.165) is 10.9 Å². The van der Waals surface area contributed by atoms with Crippen LogP contribution < -0.4 is 4.52 Å². The maximum Gasteiger partial charge on any atom is 0.398 e. The van der Waals surface area contributed by atoms with Gasteiger partial charge in [-0.2, -0.15) is 0 Å². The van der Waals surface area contributed by atoms with E-state index in [-0.39, 0.29) is 12.2 Å². The molecule has 2 heterocycles. The van der Waals surface area contributed by atoms with Crippen molar-refractivity contribution in [1.29, 1.82) is 0 Å². The smallest absolute Gasteiger partial charge is 0.398 e. The molecule has 1 aromatic carbocycles. The van der Waals surface area contributed by atoms with Crippen molar-refractivity contribution in [3.8, 4) is 5.75 Å². The zero-order valence-electron chi connectivity index (χ0n) is 10.5. The van der Waals surface area contributed by atoms with Gasteiger partial charge >= 0.3 is 8.60 Å². The lowest BCUT2D eigenvalue weighted by Crippen LogP contribution is -2.18. The Labute approximate surface area is 117 Å². The monoisotopic (exact) mass is 285 g/mol. The van der Waals surface area contributed by atoms with Crippen LogP contribution in [0, 0.1) is 0 Å². The quantitative estimate of drug-likeness (QED) is 0.788. The molecule has 0 saturated carbocycles. The summed E-state index contributed by atoms with van der Waals surface area (Å²) in [5.41, 5.74) is 0.825. The lowest BCUT2D eigenvalue weighted by atomic mass is 10.1. The molecule has 2 unspecified atom stereocenters. The Morgan fingerprint density at radius 1 is 1.00 bits per heavy atom. The van der Waals surface area contributed by atoms with E-state index >= 15 is 0 Å². The molecule has 2 aromatic rings. The lowest BCUT2D eigenvalue weighted by Gasteiger charge is -2.11. The standard InChI is InChI=1S/C15H12NO3P/c1-2-8-13-12(7-1)17-20(18-13)19-14-9-3-5-11-6-4-10-16-15(11)14/h1-10,12-13H. The molecule has 0 bridgehead atoms. The summed E-state index contributed by atoms with van der Waals surface area (Å²) in [6.45, 7) is 0. The van der Waals surface area contributed by atoms with E-state index in [2.05, 4.69) is 4.98 Å². The number of allylic oxidation sites excluding steroid dienone is 2. The van der Waals surface area contributed by atoms with E-state index in [1.807, 2.05) is 54.6 Å². The Bertz CT molecular complexity index is 675. The molecule has 1 aromatic heterocycles. The number of benzene rings is 1. The summed E-state index contributed by atoms with van der Waals surface area (Å²) in [7, 11) is -1.39. The summed E-state index contributed by atoms with van der Waals surface area (Å²) in [6.07, 6.45) is 9.55. The van der Waals surface area contributed by atoms with Gasteiger partial charge in [0.05, 0.1) is 0 Å². The molecule has 1 aliphatic heterocycles. The molecule has 4 rings (SSSR count). The minimum atomic E-state index is -1.39. The third kappa shape index (κ3) is 2.12. The minimum absolute atomic E-state index is 0.0472. The highest BCUT2D eigenvalue weighted by Gasteiger charge is 2.37. The van der Waals surface area contributed by atoms with Gasteiger partial charge in [-0.15, -0.1) is 0 Å². The number of rotatable bonds is 2. The van der Waals surface area contributed by atoms with Crippen molar-refractivity contribution in [3.63, 3.8) is 0 Å². The molecule has 20 heavy (non-hydrogen) atoms. The van der Waals surface area contributed by atoms with Gasteiger partial charge in [0.25, 0.3) is 0 Å². The summed E-state index contributed by atoms with van der Waals surface area (Å²) in [5.74, 6) is 0.695. The number of fused-ring (bicyclic) bond motifs is 2. The van der Waals surface area contributed by atoms with Crippen molar-refractivity contribution in [1.82, 2.24) is 4.98 Å². The summed E-state index contributed by atoms with van der Waals surface area (Å²) >= 11 is 0. The maximum absolute atomic E-state index is 5.87. The Morgan fingerprint density at radius 2 is 1.75 bits per heavy atom. The molecule has 1 saturated heterocycles. The van der Waals surface area contributed by atoms with Crippen LogP contribution >= 0.6 is 8.60 Å². The number of hydrogen-bond acceptors (Lipinski definition) is 4. The highest BCUT2D eigenvalue weighted by Crippen LogP contribution is 2.51. The van der Waals surface area contributed by atoms with Crippen molar-refractivity contribution >= 4 is 19.5 Å². The molecule has 1 aliphatic carbocycles. The van der Waals surface area contributed by atoms with Crippen LogP contribution in [0.2, 0.25) is 0 Å². The van der Waals surface area contributed by atoms with E-state index in [9.17, 15) is 0 Å². The molecular formula is C15H12NO3P. The van der Waals surface area contributed by atoms with Gasteiger partial charge in [-0.1, -0.05) is 42.5 Å². The van der Waals surface area contributed by atoms with E-state index in [1.54, 1.807) is 6.20 Å². The van der Waals surface area contributed by atoms with Crippen LogP contribution in [0.15, 0.2) is 60.8 Å². The summed E-state index contributed by atoms with van der Waals surface area (Å²) in [6, 6.07) is 9.74. The number of hydrogen-bond donors (Lipinski definition) is 0. The molecule has 0 N–H and O–H groups in total. The first-order valence-electron chi connectivity index (χ1n) is 6.40. The molecule has 0 radical (unpaired) electrons. The van der Waals surface area contributed by atoms with Gasteiger partial charge in [0.2, 0.25) is 0 Å².